The van der Waals surface area contributed by atoms with Crippen LogP contribution in [0.4, 0.5) is 0 Å². The zero-order valence-corrected chi connectivity index (χ0v) is 35.2. The zero-order valence-electron chi connectivity index (χ0n) is 35.2. The van der Waals surface area contributed by atoms with Crippen LogP contribution < -0.4 is 0 Å². The average molecular weight is 805 g/mol. The van der Waals surface area contributed by atoms with Gasteiger partial charge in [0.15, 0.2) is 0 Å². The molecule has 10 rings (SSSR count). The lowest BCUT2D eigenvalue weighted by atomic mass is 9.58. The van der Waals surface area contributed by atoms with Gasteiger partial charge in [-0.3, -0.25) is 0 Å². The van der Waals surface area contributed by atoms with E-state index >= 15 is 0 Å². The lowest BCUT2D eigenvalue weighted by molar-refractivity contribution is 0.693. The molecule has 10 aromatic rings. The second kappa shape index (κ2) is 17.3. The van der Waals surface area contributed by atoms with Gasteiger partial charge in [0.2, 0.25) is 0 Å². The minimum atomic E-state index is -0.736. The van der Waals surface area contributed by atoms with Crippen molar-refractivity contribution in [2.45, 2.75) is 16.2 Å². The second-order valence-electron chi connectivity index (χ2n) is 16.3. The quantitative estimate of drug-likeness (QED) is 0.108. The molecule has 0 fully saturated rings. The molecule has 300 valence electrons. The van der Waals surface area contributed by atoms with E-state index in [1.165, 1.54) is 66.8 Å². The van der Waals surface area contributed by atoms with Crippen LogP contribution in [0.1, 0.15) is 66.8 Å². The molecular weight excluding hydrogens is 757 g/mol. The van der Waals surface area contributed by atoms with E-state index in [9.17, 15) is 0 Å². The number of hydrogen-bond donors (Lipinski definition) is 0. The summed E-state index contributed by atoms with van der Waals surface area (Å²) >= 11 is 0. The molecule has 0 saturated carbocycles. The van der Waals surface area contributed by atoms with E-state index in [1.54, 1.807) is 0 Å². The summed E-state index contributed by atoms with van der Waals surface area (Å²) in [5.74, 6) is 0. The van der Waals surface area contributed by atoms with Crippen LogP contribution in [-0.4, -0.2) is 0 Å². The van der Waals surface area contributed by atoms with Crippen LogP contribution in [0.2, 0.25) is 0 Å². The van der Waals surface area contributed by atoms with Gasteiger partial charge in [0.1, 0.15) is 0 Å². The van der Waals surface area contributed by atoms with Crippen molar-refractivity contribution < 1.29 is 0 Å². The third-order valence-electron chi connectivity index (χ3n) is 13.1. The smallest absolute Gasteiger partial charge is 0.0622 e. The highest BCUT2D eigenvalue weighted by Crippen LogP contribution is 2.53. The first-order valence-corrected chi connectivity index (χ1v) is 21.9. The molecule has 0 N–H and O–H groups in total. The number of benzene rings is 10. The van der Waals surface area contributed by atoms with E-state index < -0.39 is 16.2 Å². The van der Waals surface area contributed by atoms with Crippen LogP contribution >= 0.6 is 0 Å². The van der Waals surface area contributed by atoms with Gasteiger partial charge in [0.25, 0.3) is 0 Å². The number of rotatable bonds is 12. The van der Waals surface area contributed by atoms with Gasteiger partial charge in [-0.25, -0.2) is 0 Å². The van der Waals surface area contributed by atoms with Crippen LogP contribution in [0, 0.1) is 0 Å². The fourth-order valence-corrected chi connectivity index (χ4v) is 10.5. The molecule has 0 aromatic heterocycles. The monoisotopic (exact) mass is 804 g/mol. The fourth-order valence-electron chi connectivity index (χ4n) is 10.5. The SMILES string of the molecule is c1ccc(C(c2ccccc2)(c2ccccc2)c2cc(C(c3ccccc3)(c3ccccc3)c3ccccc3)cc(C(c3ccccc3)(c3ccccc3)c3ccccc3)c2)cc1. The molecule has 0 saturated heterocycles. The molecule has 0 aliphatic rings. The molecule has 0 amide bonds. The molecule has 0 bridgehead atoms. The minimum Gasteiger partial charge on any atom is -0.0622 e. The van der Waals surface area contributed by atoms with E-state index in [2.05, 4.69) is 291 Å². The second-order valence-corrected chi connectivity index (χ2v) is 16.3. The van der Waals surface area contributed by atoms with Gasteiger partial charge in [-0.2, -0.15) is 0 Å². The van der Waals surface area contributed by atoms with Crippen molar-refractivity contribution in [3.63, 3.8) is 0 Å². The van der Waals surface area contributed by atoms with Crippen LogP contribution in [0.15, 0.2) is 291 Å². The maximum absolute atomic E-state index is 2.54. The Hall–Kier alpha value is -7.80. The van der Waals surface area contributed by atoms with E-state index in [0.29, 0.717) is 0 Å². The Bertz CT molecular complexity index is 2350. The molecule has 63 heavy (non-hydrogen) atoms. The highest BCUT2D eigenvalue weighted by Gasteiger charge is 2.46. The van der Waals surface area contributed by atoms with Gasteiger partial charge < -0.3 is 0 Å². The summed E-state index contributed by atoms with van der Waals surface area (Å²) in [6, 6.07) is 108. The molecule has 0 spiro atoms. The molecule has 0 unspecified atom stereocenters. The zero-order chi connectivity index (χ0) is 42.4. The Kier molecular flexibility index (Phi) is 10.8. The Labute approximate surface area is 372 Å². The van der Waals surface area contributed by atoms with Crippen molar-refractivity contribution in [3.05, 3.63) is 358 Å². The van der Waals surface area contributed by atoms with Crippen LogP contribution in [0.25, 0.3) is 0 Å². The Morgan fingerprint density at radius 2 is 0.238 bits per heavy atom. The molecule has 0 nitrogen and oxygen atoms in total. The highest BCUT2D eigenvalue weighted by atomic mass is 14.5. The third-order valence-corrected chi connectivity index (χ3v) is 13.1. The lowest BCUT2D eigenvalue weighted by Crippen LogP contribution is -2.37. The van der Waals surface area contributed by atoms with E-state index in [-0.39, 0.29) is 0 Å². The summed E-state index contributed by atoms with van der Waals surface area (Å²) in [4.78, 5) is 0. The molecule has 0 heterocycles. The topological polar surface area (TPSA) is 0 Å². The first-order chi connectivity index (χ1) is 31.3. The molecule has 0 heteroatoms. The van der Waals surface area contributed by atoms with Gasteiger partial charge in [0.05, 0.1) is 16.2 Å². The van der Waals surface area contributed by atoms with Crippen molar-refractivity contribution in [1.82, 2.24) is 0 Å². The lowest BCUT2D eigenvalue weighted by Gasteiger charge is -2.43. The van der Waals surface area contributed by atoms with Crippen molar-refractivity contribution in [2.75, 3.05) is 0 Å². The van der Waals surface area contributed by atoms with Gasteiger partial charge in [0, 0.05) is 0 Å². The Morgan fingerprint density at radius 3 is 0.349 bits per heavy atom. The summed E-state index contributed by atoms with van der Waals surface area (Å²) in [7, 11) is 0. The molecule has 10 aromatic carbocycles. The summed E-state index contributed by atoms with van der Waals surface area (Å²) in [5.41, 5.74) is 12.1. The van der Waals surface area contributed by atoms with Gasteiger partial charge in [-0.15, -0.1) is 0 Å². The molecule has 0 radical (unpaired) electrons. The maximum atomic E-state index is 2.54. The molecular formula is C63H48. The summed E-state index contributed by atoms with van der Waals surface area (Å²) in [6.45, 7) is 0. The summed E-state index contributed by atoms with van der Waals surface area (Å²) in [5, 5.41) is 0. The Balaban J connectivity index is 1.48. The Morgan fingerprint density at radius 1 is 0.127 bits per heavy atom. The highest BCUT2D eigenvalue weighted by molar-refractivity contribution is 5.69. The van der Waals surface area contributed by atoms with Crippen LogP contribution in [-0.2, 0) is 16.2 Å². The third kappa shape index (κ3) is 6.72. The first kappa shape index (κ1) is 39.3. The fraction of sp³-hybridized carbons (Fsp3) is 0.0476. The standard InChI is InChI=1S/C63H48/c1-10-28-49(29-11-1)61(50-30-12-2-13-31-50,51-32-14-3-15-33-51)58-46-59(62(52-34-16-4-17-35-52,53-36-18-5-19-37-53)54-38-20-6-21-39-54)48-60(47-58)63(55-40-22-7-23-41-55,56-42-24-8-25-43-56)57-44-26-9-27-45-57/h1-48H. The van der Waals surface area contributed by atoms with Gasteiger partial charge >= 0.3 is 0 Å². The van der Waals surface area contributed by atoms with Gasteiger partial charge in [-0.1, -0.05) is 291 Å². The normalized spacial score (nSPS) is 11.8. The number of hydrogen-bond acceptors (Lipinski definition) is 0. The predicted molar refractivity (Wildman–Crippen MR) is 261 cm³/mol. The van der Waals surface area contributed by atoms with Crippen molar-refractivity contribution >= 4 is 0 Å². The van der Waals surface area contributed by atoms with E-state index in [4.69, 9.17) is 0 Å². The minimum absolute atomic E-state index is 0.736. The molecule has 0 aliphatic carbocycles. The van der Waals surface area contributed by atoms with Crippen LogP contribution in [0.5, 0.6) is 0 Å². The van der Waals surface area contributed by atoms with Gasteiger partial charge in [-0.05, 0) is 66.8 Å². The largest absolute Gasteiger partial charge is 0.0701 e. The average Bonchev–Trinajstić information content (AvgIpc) is 3.38. The maximum Gasteiger partial charge on any atom is 0.0701 e. The molecule has 0 atom stereocenters. The van der Waals surface area contributed by atoms with Crippen molar-refractivity contribution in [3.8, 4) is 0 Å². The van der Waals surface area contributed by atoms with Crippen molar-refractivity contribution in [1.29, 1.82) is 0 Å². The summed E-state index contributed by atoms with van der Waals surface area (Å²) < 4.78 is 0. The van der Waals surface area contributed by atoms with Crippen molar-refractivity contribution in [2.24, 2.45) is 0 Å². The first-order valence-electron chi connectivity index (χ1n) is 21.9. The molecule has 0 aliphatic heterocycles. The predicted octanol–water partition coefficient (Wildman–Crippen LogP) is 14.8. The van der Waals surface area contributed by atoms with E-state index in [1.807, 2.05) is 0 Å². The van der Waals surface area contributed by atoms with E-state index in [0.717, 1.165) is 0 Å². The summed E-state index contributed by atoms with van der Waals surface area (Å²) in [6.07, 6.45) is 0. The van der Waals surface area contributed by atoms with Crippen LogP contribution in [0.3, 0.4) is 0 Å².